The first-order valence-electron chi connectivity index (χ1n) is 6.44. The van der Waals surface area contributed by atoms with Gasteiger partial charge in [0.1, 0.15) is 5.82 Å². The lowest BCUT2D eigenvalue weighted by molar-refractivity contribution is 0.202. The second-order valence-corrected chi connectivity index (χ2v) is 6.03. The Bertz CT molecular complexity index is 393. The largest absolute Gasteiger partial charge is 0.295 e. The molecule has 1 saturated carbocycles. The molecular formula is C14H18BrClFN. The third-order valence-electron chi connectivity index (χ3n) is 3.60. The van der Waals surface area contributed by atoms with Crippen LogP contribution in [0.25, 0.3) is 0 Å². The van der Waals surface area contributed by atoms with Gasteiger partial charge < -0.3 is 0 Å². The van der Waals surface area contributed by atoms with Crippen molar-refractivity contribution >= 4 is 27.5 Å². The van der Waals surface area contributed by atoms with Gasteiger partial charge in [-0.15, -0.1) is 0 Å². The molecule has 0 amide bonds. The maximum Gasteiger partial charge on any atom is 0.124 e. The molecule has 0 N–H and O–H groups in total. The number of halogens is 3. The van der Waals surface area contributed by atoms with E-state index in [0.29, 0.717) is 11.1 Å². The fraction of sp³-hybridized carbons (Fsp3) is 0.571. The van der Waals surface area contributed by atoms with Crippen LogP contribution in [0, 0.1) is 5.82 Å². The Kier molecular flexibility index (Phi) is 5.46. The third kappa shape index (κ3) is 3.69. The Labute approximate surface area is 121 Å². The molecule has 0 atom stereocenters. The molecule has 1 fully saturated rings. The average Bonchev–Trinajstić information content (AvgIpc) is 2.85. The van der Waals surface area contributed by atoms with Crippen LogP contribution in [0.1, 0.15) is 31.2 Å². The van der Waals surface area contributed by atoms with Crippen molar-refractivity contribution < 1.29 is 4.39 Å². The molecule has 1 nitrogen and oxygen atoms in total. The number of nitrogens with zero attached hydrogens (tertiary/aromatic N) is 1. The van der Waals surface area contributed by atoms with Crippen LogP contribution < -0.4 is 0 Å². The van der Waals surface area contributed by atoms with E-state index in [0.717, 1.165) is 24.0 Å². The molecule has 1 aliphatic rings. The molecule has 0 bridgehead atoms. The number of hydrogen-bond donors (Lipinski definition) is 0. The van der Waals surface area contributed by atoms with Crippen LogP contribution in [0.15, 0.2) is 18.2 Å². The fourth-order valence-electron chi connectivity index (χ4n) is 2.64. The van der Waals surface area contributed by atoms with Gasteiger partial charge in [0, 0.05) is 29.5 Å². The highest BCUT2D eigenvalue weighted by atomic mass is 79.9. The summed E-state index contributed by atoms with van der Waals surface area (Å²) in [7, 11) is 0. The highest BCUT2D eigenvalue weighted by Crippen LogP contribution is 2.27. The summed E-state index contributed by atoms with van der Waals surface area (Å²) in [6, 6.07) is 5.34. The molecule has 0 aliphatic heterocycles. The van der Waals surface area contributed by atoms with Gasteiger partial charge in [-0.05, 0) is 30.5 Å². The van der Waals surface area contributed by atoms with Gasteiger partial charge in [-0.25, -0.2) is 4.39 Å². The van der Waals surface area contributed by atoms with Crippen molar-refractivity contribution in [2.24, 2.45) is 0 Å². The molecule has 18 heavy (non-hydrogen) atoms. The van der Waals surface area contributed by atoms with Crippen molar-refractivity contribution in [1.82, 2.24) is 4.90 Å². The molecule has 1 aromatic carbocycles. The van der Waals surface area contributed by atoms with Gasteiger partial charge in [0.15, 0.2) is 0 Å². The van der Waals surface area contributed by atoms with Crippen LogP contribution in [0.2, 0.25) is 5.02 Å². The number of hydrogen-bond acceptors (Lipinski definition) is 1. The lowest BCUT2D eigenvalue weighted by Crippen LogP contribution is -2.34. The lowest BCUT2D eigenvalue weighted by Gasteiger charge is -2.28. The number of rotatable bonds is 5. The highest BCUT2D eigenvalue weighted by molar-refractivity contribution is 9.09. The van der Waals surface area contributed by atoms with E-state index in [9.17, 15) is 4.39 Å². The fourth-order valence-corrected chi connectivity index (χ4v) is 3.32. The minimum absolute atomic E-state index is 0.267. The van der Waals surface area contributed by atoms with Gasteiger partial charge in [0.2, 0.25) is 0 Å². The molecule has 1 aliphatic carbocycles. The zero-order valence-electron chi connectivity index (χ0n) is 10.3. The van der Waals surface area contributed by atoms with E-state index in [1.54, 1.807) is 6.07 Å². The molecule has 0 radical (unpaired) electrons. The molecule has 0 spiro atoms. The zero-order chi connectivity index (χ0) is 13.0. The number of benzene rings is 1. The molecular weight excluding hydrogens is 317 g/mol. The van der Waals surface area contributed by atoms with Crippen molar-refractivity contribution in [1.29, 1.82) is 0 Å². The van der Waals surface area contributed by atoms with Crippen molar-refractivity contribution in [3.05, 3.63) is 34.6 Å². The van der Waals surface area contributed by atoms with Gasteiger partial charge in [-0.3, -0.25) is 4.90 Å². The minimum atomic E-state index is -0.267. The Morgan fingerprint density at radius 3 is 2.67 bits per heavy atom. The van der Waals surface area contributed by atoms with E-state index >= 15 is 0 Å². The van der Waals surface area contributed by atoms with Crippen LogP contribution in [0.3, 0.4) is 0 Å². The van der Waals surface area contributed by atoms with E-state index in [-0.39, 0.29) is 5.82 Å². The molecule has 0 unspecified atom stereocenters. The van der Waals surface area contributed by atoms with Crippen LogP contribution in [0.5, 0.6) is 0 Å². The lowest BCUT2D eigenvalue weighted by atomic mass is 10.1. The predicted molar refractivity (Wildman–Crippen MR) is 77.9 cm³/mol. The summed E-state index contributed by atoms with van der Waals surface area (Å²) >= 11 is 9.61. The Morgan fingerprint density at radius 1 is 1.33 bits per heavy atom. The summed E-state index contributed by atoms with van der Waals surface area (Å²) in [4.78, 5) is 2.46. The summed E-state index contributed by atoms with van der Waals surface area (Å²) in [6.07, 6.45) is 5.18. The average molecular weight is 335 g/mol. The van der Waals surface area contributed by atoms with E-state index in [1.807, 2.05) is 0 Å². The van der Waals surface area contributed by atoms with Crippen LogP contribution >= 0.6 is 27.5 Å². The van der Waals surface area contributed by atoms with Crippen LogP contribution in [-0.2, 0) is 6.54 Å². The molecule has 0 saturated heterocycles. The first-order valence-corrected chi connectivity index (χ1v) is 7.94. The quantitative estimate of drug-likeness (QED) is 0.710. The van der Waals surface area contributed by atoms with Gasteiger partial charge >= 0.3 is 0 Å². The smallest absolute Gasteiger partial charge is 0.124 e. The van der Waals surface area contributed by atoms with Crippen molar-refractivity contribution in [2.45, 2.75) is 38.3 Å². The summed E-state index contributed by atoms with van der Waals surface area (Å²) in [5.41, 5.74) is 1.02. The summed E-state index contributed by atoms with van der Waals surface area (Å²) in [6.45, 7) is 1.83. The highest BCUT2D eigenvalue weighted by Gasteiger charge is 2.22. The van der Waals surface area contributed by atoms with Crippen LogP contribution in [0.4, 0.5) is 4.39 Å². The minimum Gasteiger partial charge on any atom is -0.295 e. The van der Waals surface area contributed by atoms with Gasteiger partial charge in [-0.1, -0.05) is 46.4 Å². The predicted octanol–water partition coefficient (Wildman–Crippen LogP) is 4.62. The Hall–Kier alpha value is -0.120. The molecule has 0 heterocycles. The molecule has 2 rings (SSSR count). The van der Waals surface area contributed by atoms with E-state index in [2.05, 4.69) is 20.8 Å². The summed E-state index contributed by atoms with van der Waals surface area (Å²) < 4.78 is 13.0. The van der Waals surface area contributed by atoms with Gasteiger partial charge in [0.05, 0.1) is 0 Å². The maximum absolute atomic E-state index is 13.0. The second kappa shape index (κ2) is 6.88. The number of alkyl halides is 1. The van der Waals surface area contributed by atoms with Gasteiger partial charge in [-0.2, -0.15) is 0 Å². The first-order chi connectivity index (χ1) is 8.70. The van der Waals surface area contributed by atoms with Gasteiger partial charge in [0.25, 0.3) is 0 Å². The van der Waals surface area contributed by atoms with Crippen molar-refractivity contribution in [2.75, 3.05) is 11.9 Å². The second-order valence-electron chi connectivity index (χ2n) is 4.83. The first kappa shape index (κ1) is 14.3. The monoisotopic (exact) mass is 333 g/mol. The van der Waals surface area contributed by atoms with Crippen LogP contribution in [-0.4, -0.2) is 22.8 Å². The normalized spacial score (nSPS) is 16.7. The molecule has 4 heteroatoms. The van der Waals surface area contributed by atoms with E-state index < -0.39 is 0 Å². The standard InChI is InChI=1S/C14H18BrClFN/c15-7-8-18(13-3-1-2-4-13)10-11-5-6-12(17)9-14(11)16/h5-6,9,13H,1-4,7-8,10H2. The Morgan fingerprint density at radius 2 is 2.06 bits per heavy atom. The van der Waals surface area contributed by atoms with E-state index in [1.165, 1.54) is 37.8 Å². The maximum atomic E-state index is 13.0. The topological polar surface area (TPSA) is 3.24 Å². The summed E-state index contributed by atoms with van der Waals surface area (Å²) in [5.74, 6) is -0.267. The summed E-state index contributed by atoms with van der Waals surface area (Å²) in [5, 5.41) is 1.50. The van der Waals surface area contributed by atoms with E-state index in [4.69, 9.17) is 11.6 Å². The molecule has 100 valence electrons. The van der Waals surface area contributed by atoms with Crippen molar-refractivity contribution in [3.8, 4) is 0 Å². The van der Waals surface area contributed by atoms with Crippen molar-refractivity contribution in [3.63, 3.8) is 0 Å². The SMILES string of the molecule is Fc1ccc(CN(CCBr)C2CCCC2)c(Cl)c1. The third-order valence-corrected chi connectivity index (χ3v) is 4.31. The molecule has 0 aromatic heterocycles. The zero-order valence-corrected chi connectivity index (χ0v) is 12.7. The molecule has 1 aromatic rings. The Balaban J connectivity index is 2.07.